The van der Waals surface area contributed by atoms with E-state index in [1.165, 1.54) is 212 Å². The van der Waals surface area contributed by atoms with E-state index in [1.807, 2.05) is 0 Å². The average molecular weight is 624 g/mol. The van der Waals surface area contributed by atoms with E-state index >= 15 is 0 Å². The quantitative estimate of drug-likeness (QED) is 0.0534. The van der Waals surface area contributed by atoms with Crippen LogP contribution < -0.4 is 17.0 Å². The number of aryl methyl sites for hydroxylation is 2. The molecule has 0 saturated carbocycles. The van der Waals surface area contributed by atoms with E-state index in [-0.39, 0.29) is 12.4 Å². The summed E-state index contributed by atoms with van der Waals surface area (Å²) < 4.78 is 4.54. The number of hydrogen-bond donors (Lipinski definition) is 0. The van der Waals surface area contributed by atoms with Crippen molar-refractivity contribution in [1.29, 1.82) is 0 Å². The van der Waals surface area contributed by atoms with Crippen molar-refractivity contribution in [3.63, 3.8) is 0 Å². The predicted molar refractivity (Wildman–Crippen MR) is 188 cm³/mol. The van der Waals surface area contributed by atoms with Crippen molar-refractivity contribution < 1.29 is 17.0 Å². The van der Waals surface area contributed by atoms with Gasteiger partial charge in [-0.15, -0.1) is 0 Å². The van der Waals surface area contributed by atoms with Gasteiger partial charge in [-0.1, -0.05) is 206 Å². The molecule has 256 valence electrons. The first-order valence-electron chi connectivity index (χ1n) is 19.8. The third-order valence-electron chi connectivity index (χ3n) is 9.78. The van der Waals surface area contributed by atoms with Crippen molar-refractivity contribution >= 4 is 0 Å². The summed E-state index contributed by atoms with van der Waals surface area (Å²) in [4.78, 5) is 0. The monoisotopic (exact) mass is 623 g/mol. The Labute approximate surface area is 278 Å². The van der Waals surface area contributed by atoms with Gasteiger partial charge in [0.25, 0.3) is 0 Å². The number of nitrogens with zero attached hydrogens (tertiary/aromatic N) is 2. The molecule has 43 heavy (non-hydrogen) atoms. The normalized spacial score (nSPS) is 11.4. The predicted octanol–water partition coefficient (Wildman–Crippen LogP) is 10.5. The maximum atomic E-state index is 2.37. The summed E-state index contributed by atoms with van der Waals surface area (Å²) in [6.07, 6.45) is 53.4. The summed E-state index contributed by atoms with van der Waals surface area (Å²) in [5.74, 6) is 0.962. The molecular formula is C40H79ClN2. The average Bonchev–Trinajstić information content (AvgIpc) is 3.41. The first-order valence-corrected chi connectivity index (χ1v) is 19.8. The van der Waals surface area contributed by atoms with Gasteiger partial charge in [0.1, 0.15) is 12.4 Å². The molecule has 0 N–H and O–H groups in total. The third kappa shape index (κ3) is 29.9. The van der Waals surface area contributed by atoms with Gasteiger partial charge >= 0.3 is 0 Å². The molecule has 0 radical (unpaired) electrons. The van der Waals surface area contributed by atoms with E-state index < -0.39 is 0 Å². The number of rotatable bonds is 34. The lowest BCUT2D eigenvalue weighted by Crippen LogP contribution is -3.00. The van der Waals surface area contributed by atoms with Crippen molar-refractivity contribution in [3.05, 3.63) is 18.7 Å². The van der Waals surface area contributed by atoms with E-state index in [9.17, 15) is 0 Å². The molecule has 3 heteroatoms. The van der Waals surface area contributed by atoms with Crippen molar-refractivity contribution in [2.45, 2.75) is 226 Å². The van der Waals surface area contributed by atoms with Crippen LogP contribution in [0.25, 0.3) is 0 Å². The van der Waals surface area contributed by atoms with Crippen LogP contribution in [-0.4, -0.2) is 4.57 Å². The summed E-state index contributed by atoms with van der Waals surface area (Å²) in [6.45, 7) is 5.81. The van der Waals surface area contributed by atoms with Gasteiger partial charge in [-0.3, -0.25) is 0 Å². The van der Waals surface area contributed by atoms with Gasteiger partial charge in [-0.2, -0.15) is 0 Å². The van der Waals surface area contributed by atoms with E-state index in [2.05, 4.69) is 48.8 Å². The highest BCUT2D eigenvalue weighted by Crippen LogP contribution is 2.24. The van der Waals surface area contributed by atoms with Crippen molar-refractivity contribution in [1.82, 2.24) is 4.57 Å². The highest BCUT2D eigenvalue weighted by Gasteiger charge is 2.10. The summed E-state index contributed by atoms with van der Waals surface area (Å²) in [6, 6.07) is 0. The molecule has 0 fully saturated rings. The highest BCUT2D eigenvalue weighted by atomic mass is 35.5. The summed E-state index contributed by atoms with van der Waals surface area (Å²) >= 11 is 0. The zero-order valence-corrected chi connectivity index (χ0v) is 30.7. The summed E-state index contributed by atoms with van der Waals surface area (Å²) in [5.41, 5.74) is 0. The summed E-state index contributed by atoms with van der Waals surface area (Å²) in [7, 11) is 2.13. The number of imidazole rings is 1. The molecule has 0 amide bonds. The standard InChI is InChI=1S/C40H79N2.ClH/c1-4-6-8-10-12-14-16-18-20-22-24-26-28-30-33-40(35-32-36-42-38-37-41(3)39-42)34-31-29-27-25-23-21-19-17-15-13-11-9-7-5-2;/h37-40H,4-36H2,1-3H3;1H/q+1;/p-1. The van der Waals surface area contributed by atoms with Crippen LogP contribution >= 0.6 is 0 Å². The Morgan fingerprint density at radius 2 is 0.744 bits per heavy atom. The molecule has 0 bridgehead atoms. The number of unbranched alkanes of at least 4 members (excludes halogenated alkanes) is 26. The van der Waals surface area contributed by atoms with Gasteiger partial charge in [-0.05, 0) is 18.8 Å². The minimum absolute atomic E-state index is 0. The largest absolute Gasteiger partial charge is 1.00 e. The molecule has 0 unspecified atom stereocenters. The number of aromatic nitrogens is 2. The molecule has 0 aliphatic rings. The molecular weight excluding hydrogens is 544 g/mol. The maximum absolute atomic E-state index is 2.37. The molecule has 1 rings (SSSR count). The zero-order chi connectivity index (χ0) is 30.2. The lowest BCUT2D eigenvalue weighted by atomic mass is 9.90. The second-order valence-electron chi connectivity index (χ2n) is 14.1. The lowest BCUT2D eigenvalue weighted by molar-refractivity contribution is -0.697. The SMILES string of the molecule is CCCCCCCCCCCCCCCCC(CCCCCCCCCCCCCCCC)CCC[n+]1ccn(C)c1.[Cl-]. The fraction of sp³-hybridized carbons (Fsp3) is 0.925. The van der Waals surface area contributed by atoms with Gasteiger partial charge in [0.05, 0.1) is 13.6 Å². The van der Waals surface area contributed by atoms with Crippen molar-refractivity contribution in [3.8, 4) is 0 Å². The molecule has 2 nitrogen and oxygen atoms in total. The minimum atomic E-state index is 0. The Bertz CT molecular complexity index is 610. The molecule has 0 spiro atoms. The van der Waals surface area contributed by atoms with E-state index in [1.54, 1.807) is 0 Å². The van der Waals surface area contributed by atoms with Crippen LogP contribution in [0.4, 0.5) is 0 Å². The molecule has 0 aromatic carbocycles. The lowest BCUT2D eigenvalue weighted by Gasteiger charge is -2.16. The molecule has 1 heterocycles. The van der Waals surface area contributed by atoms with Crippen LogP contribution in [0, 0.1) is 5.92 Å². The second kappa shape index (κ2) is 34.4. The fourth-order valence-electron chi connectivity index (χ4n) is 6.88. The second-order valence-corrected chi connectivity index (χ2v) is 14.1. The van der Waals surface area contributed by atoms with Gasteiger partial charge < -0.3 is 12.4 Å². The first kappa shape index (κ1) is 42.5. The maximum Gasteiger partial charge on any atom is 0.243 e. The molecule has 1 aromatic rings. The fourth-order valence-corrected chi connectivity index (χ4v) is 6.88. The topological polar surface area (TPSA) is 8.81 Å². The molecule has 0 atom stereocenters. The molecule has 1 aromatic heterocycles. The minimum Gasteiger partial charge on any atom is -1.00 e. The Balaban J connectivity index is 0.0000176. The number of halogens is 1. The van der Waals surface area contributed by atoms with Crippen molar-refractivity contribution in [2.24, 2.45) is 13.0 Å². The van der Waals surface area contributed by atoms with E-state index in [4.69, 9.17) is 0 Å². The smallest absolute Gasteiger partial charge is 0.243 e. The van der Waals surface area contributed by atoms with Crippen LogP contribution in [0.5, 0.6) is 0 Å². The van der Waals surface area contributed by atoms with Crippen LogP contribution in [0.1, 0.15) is 219 Å². The van der Waals surface area contributed by atoms with E-state index in [0.29, 0.717) is 0 Å². The van der Waals surface area contributed by atoms with Crippen molar-refractivity contribution in [2.75, 3.05) is 0 Å². The number of hydrogen-bond acceptors (Lipinski definition) is 0. The molecule has 0 aliphatic carbocycles. The van der Waals surface area contributed by atoms with Gasteiger partial charge in [0.15, 0.2) is 0 Å². The summed E-state index contributed by atoms with van der Waals surface area (Å²) in [5, 5.41) is 0. The van der Waals surface area contributed by atoms with Crippen LogP contribution in [0.3, 0.4) is 0 Å². The Morgan fingerprint density at radius 3 is 1.05 bits per heavy atom. The third-order valence-corrected chi connectivity index (χ3v) is 9.78. The van der Waals surface area contributed by atoms with Gasteiger partial charge in [0.2, 0.25) is 6.33 Å². The van der Waals surface area contributed by atoms with Gasteiger partial charge in [0, 0.05) is 0 Å². The van der Waals surface area contributed by atoms with E-state index in [0.717, 1.165) is 5.92 Å². The van der Waals surface area contributed by atoms with Crippen LogP contribution in [-0.2, 0) is 13.6 Å². The molecule has 0 aliphatic heterocycles. The highest BCUT2D eigenvalue weighted by molar-refractivity contribution is 4.64. The van der Waals surface area contributed by atoms with Crippen LogP contribution in [0.2, 0.25) is 0 Å². The molecule has 0 saturated heterocycles. The Kier molecular flexibility index (Phi) is 34.0. The Hall–Kier alpha value is -0.500. The zero-order valence-electron chi connectivity index (χ0n) is 29.9. The first-order chi connectivity index (χ1) is 20.8. The van der Waals surface area contributed by atoms with Crippen LogP contribution in [0.15, 0.2) is 18.7 Å². The Morgan fingerprint density at radius 1 is 0.442 bits per heavy atom. The van der Waals surface area contributed by atoms with Gasteiger partial charge in [-0.25, -0.2) is 9.13 Å².